The Morgan fingerprint density at radius 3 is 2.89 bits per heavy atom. The average molecular weight is 329 g/mol. The molecule has 1 fully saturated rings. The summed E-state index contributed by atoms with van der Waals surface area (Å²) in [5.74, 6) is -0.127. The molecule has 1 heterocycles. The molecule has 0 spiro atoms. The molecule has 2 rings (SSSR count). The van der Waals surface area contributed by atoms with Gasteiger partial charge in [-0.05, 0) is 32.4 Å². The van der Waals surface area contributed by atoms with Gasteiger partial charge in [-0.1, -0.05) is 28.9 Å². The highest BCUT2D eigenvalue weighted by atomic mass is 79.9. The Hall–Kier alpha value is -0.450. The molecule has 1 aromatic carbocycles. The van der Waals surface area contributed by atoms with Crippen LogP contribution in [0.1, 0.15) is 32.8 Å². The van der Waals surface area contributed by atoms with Gasteiger partial charge in [0.25, 0.3) is 0 Å². The first kappa shape index (κ1) is 14.9. The first-order valence-corrected chi connectivity index (χ1v) is 7.66. The van der Waals surface area contributed by atoms with Crippen LogP contribution in [0.3, 0.4) is 0 Å². The second-order valence-corrected chi connectivity index (χ2v) is 6.70. The molecule has 106 valence electrons. The van der Waals surface area contributed by atoms with E-state index in [2.05, 4.69) is 46.9 Å². The van der Waals surface area contributed by atoms with Crippen molar-refractivity contribution in [3.8, 4) is 0 Å². The van der Waals surface area contributed by atoms with E-state index >= 15 is 0 Å². The van der Waals surface area contributed by atoms with Gasteiger partial charge in [0.05, 0.1) is 0 Å². The lowest BCUT2D eigenvalue weighted by Crippen LogP contribution is -2.61. The Labute approximate surface area is 123 Å². The van der Waals surface area contributed by atoms with Crippen LogP contribution in [0, 0.1) is 5.82 Å². The molecular formula is C15H22BrFN2. The van der Waals surface area contributed by atoms with E-state index in [4.69, 9.17) is 0 Å². The van der Waals surface area contributed by atoms with Gasteiger partial charge in [0.2, 0.25) is 0 Å². The highest BCUT2D eigenvalue weighted by molar-refractivity contribution is 9.10. The van der Waals surface area contributed by atoms with E-state index in [-0.39, 0.29) is 11.4 Å². The Morgan fingerprint density at radius 2 is 2.26 bits per heavy atom. The fourth-order valence-corrected chi connectivity index (χ4v) is 2.83. The molecule has 0 aromatic heterocycles. The maximum atomic E-state index is 13.9. The number of piperazine rings is 1. The summed E-state index contributed by atoms with van der Waals surface area (Å²) in [4.78, 5) is 2.37. The molecular weight excluding hydrogens is 307 g/mol. The molecule has 4 heteroatoms. The van der Waals surface area contributed by atoms with Crippen LogP contribution in [-0.4, -0.2) is 29.6 Å². The predicted molar refractivity (Wildman–Crippen MR) is 80.7 cm³/mol. The van der Waals surface area contributed by atoms with Crippen molar-refractivity contribution in [3.05, 3.63) is 34.1 Å². The quantitative estimate of drug-likeness (QED) is 0.912. The molecule has 0 saturated carbocycles. The lowest BCUT2D eigenvalue weighted by atomic mass is 9.93. The molecule has 1 aliphatic rings. The number of halogens is 2. The number of hydrogen-bond acceptors (Lipinski definition) is 2. The zero-order chi connectivity index (χ0) is 14.0. The van der Waals surface area contributed by atoms with Crippen LogP contribution in [0.4, 0.5) is 4.39 Å². The van der Waals surface area contributed by atoms with Crippen LogP contribution in [-0.2, 0) is 6.54 Å². The van der Waals surface area contributed by atoms with Crippen molar-refractivity contribution in [3.63, 3.8) is 0 Å². The minimum Gasteiger partial charge on any atom is -0.309 e. The van der Waals surface area contributed by atoms with Crippen molar-refractivity contribution in [1.29, 1.82) is 0 Å². The van der Waals surface area contributed by atoms with Gasteiger partial charge in [-0.3, -0.25) is 4.90 Å². The van der Waals surface area contributed by atoms with Crippen LogP contribution in [0.25, 0.3) is 0 Å². The van der Waals surface area contributed by atoms with Crippen molar-refractivity contribution < 1.29 is 4.39 Å². The third kappa shape index (κ3) is 3.56. The monoisotopic (exact) mass is 328 g/mol. The summed E-state index contributed by atoms with van der Waals surface area (Å²) >= 11 is 3.30. The number of rotatable bonds is 3. The molecule has 0 bridgehead atoms. The molecule has 0 aliphatic carbocycles. The van der Waals surface area contributed by atoms with E-state index in [1.165, 1.54) is 0 Å². The zero-order valence-corrected chi connectivity index (χ0v) is 13.4. The van der Waals surface area contributed by atoms with Crippen molar-refractivity contribution in [2.75, 3.05) is 13.1 Å². The van der Waals surface area contributed by atoms with Crippen molar-refractivity contribution in [2.45, 2.75) is 45.3 Å². The zero-order valence-electron chi connectivity index (χ0n) is 11.8. The maximum Gasteiger partial charge on any atom is 0.128 e. The largest absolute Gasteiger partial charge is 0.309 e. The summed E-state index contributed by atoms with van der Waals surface area (Å²) < 4.78 is 14.7. The average Bonchev–Trinajstić information content (AvgIpc) is 2.37. The minimum absolute atomic E-state index is 0.127. The Bertz CT molecular complexity index is 452. The molecule has 19 heavy (non-hydrogen) atoms. The van der Waals surface area contributed by atoms with Crippen LogP contribution < -0.4 is 5.32 Å². The standard InChI is InChI=1S/C15H22BrFN2/c1-4-15(3)10-19(11(2)8-18-15)9-12-5-6-13(16)7-14(12)17/h5-7,11,18H,4,8-10H2,1-3H3. The summed E-state index contributed by atoms with van der Waals surface area (Å²) in [5.41, 5.74) is 0.911. The smallest absolute Gasteiger partial charge is 0.128 e. The van der Waals surface area contributed by atoms with Crippen LogP contribution in [0.15, 0.2) is 22.7 Å². The van der Waals surface area contributed by atoms with Crippen molar-refractivity contribution in [2.24, 2.45) is 0 Å². The molecule has 1 aromatic rings. The van der Waals surface area contributed by atoms with E-state index in [1.807, 2.05) is 12.1 Å². The lowest BCUT2D eigenvalue weighted by Gasteiger charge is -2.45. The van der Waals surface area contributed by atoms with E-state index in [1.54, 1.807) is 6.07 Å². The second-order valence-electron chi connectivity index (χ2n) is 5.78. The van der Waals surface area contributed by atoms with Crippen LogP contribution >= 0.6 is 15.9 Å². The van der Waals surface area contributed by atoms with E-state index in [0.717, 1.165) is 29.5 Å². The topological polar surface area (TPSA) is 15.3 Å². The summed E-state index contributed by atoms with van der Waals surface area (Å²) in [5, 5.41) is 3.59. The van der Waals surface area contributed by atoms with Crippen molar-refractivity contribution in [1.82, 2.24) is 10.2 Å². The summed E-state index contributed by atoms with van der Waals surface area (Å²) in [6, 6.07) is 5.76. The summed E-state index contributed by atoms with van der Waals surface area (Å²) in [6.07, 6.45) is 1.08. The van der Waals surface area contributed by atoms with Gasteiger partial charge < -0.3 is 5.32 Å². The first-order chi connectivity index (χ1) is 8.93. The number of nitrogens with zero attached hydrogens (tertiary/aromatic N) is 1. The third-order valence-corrected chi connectivity index (χ3v) is 4.66. The van der Waals surface area contributed by atoms with Gasteiger partial charge in [0.1, 0.15) is 5.82 Å². The molecule has 2 unspecified atom stereocenters. The maximum absolute atomic E-state index is 13.9. The van der Waals surface area contributed by atoms with Crippen LogP contribution in [0.5, 0.6) is 0 Å². The molecule has 0 radical (unpaired) electrons. The predicted octanol–water partition coefficient (Wildman–Crippen LogP) is 3.55. The Kier molecular flexibility index (Phi) is 4.64. The van der Waals surface area contributed by atoms with Gasteiger partial charge in [-0.2, -0.15) is 0 Å². The van der Waals surface area contributed by atoms with E-state index in [0.29, 0.717) is 12.6 Å². The molecule has 1 N–H and O–H groups in total. The Morgan fingerprint density at radius 1 is 1.53 bits per heavy atom. The first-order valence-electron chi connectivity index (χ1n) is 6.86. The number of hydrogen-bond donors (Lipinski definition) is 1. The molecule has 0 amide bonds. The van der Waals surface area contributed by atoms with Gasteiger partial charge in [0, 0.05) is 41.3 Å². The second kappa shape index (κ2) is 5.90. The number of benzene rings is 1. The SMILES string of the molecule is CCC1(C)CN(Cc2ccc(Br)cc2F)C(C)CN1. The fraction of sp³-hybridized carbons (Fsp3) is 0.600. The van der Waals surface area contributed by atoms with E-state index in [9.17, 15) is 4.39 Å². The van der Waals surface area contributed by atoms with Gasteiger partial charge in [-0.25, -0.2) is 4.39 Å². The highest BCUT2D eigenvalue weighted by Gasteiger charge is 2.32. The normalized spacial score (nSPS) is 28.6. The summed E-state index contributed by atoms with van der Waals surface area (Å²) in [7, 11) is 0. The van der Waals surface area contributed by atoms with Gasteiger partial charge >= 0.3 is 0 Å². The number of nitrogens with one attached hydrogen (secondary N) is 1. The van der Waals surface area contributed by atoms with Crippen LogP contribution in [0.2, 0.25) is 0 Å². The summed E-state index contributed by atoms with van der Waals surface area (Å²) in [6.45, 7) is 9.23. The molecule has 1 aliphatic heterocycles. The molecule has 2 nitrogen and oxygen atoms in total. The van der Waals surface area contributed by atoms with Gasteiger partial charge in [0.15, 0.2) is 0 Å². The fourth-order valence-electron chi connectivity index (χ4n) is 2.50. The highest BCUT2D eigenvalue weighted by Crippen LogP contribution is 2.23. The molecule has 1 saturated heterocycles. The van der Waals surface area contributed by atoms with Gasteiger partial charge in [-0.15, -0.1) is 0 Å². The third-order valence-electron chi connectivity index (χ3n) is 4.17. The minimum atomic E-state index is -0.127. The van der Waals surface area contributed by atoms with E-state index < -0.39 is 0 Å². The molecule has 2 atom stereocenters. The Balaban J connectivity index is 2.12. The van der Waals surface area contributed by atoms with Crippen molar-refractivity contribution >= 4 is 15.9 Å². The lowest BCUT2D eigenvalue weighted by molar-refractivity contribution is 0.0856.